The Kier molecular flexibility index (Phi) is 3.39. The fraction of sp³-hybridized carbons (Fsp3) is 0.625. The minimum atomic E-state index is 0.407. The first-order valence-electron chi connectivity index (χ1n) is 7.92. The van der Waals surface area contributed by atoms with Crippen LogP contribution in [0.5, 0.6) is 0 Å². The van der Waals surface area contributed by atoms with Gasteiger partial charge in [-0.2, -0.15) is 0 Å². The van der Waals surface area contributed by atoms with Crippen LogP contribution in [0.25, 0.3) is 11.2 Å². The van der Waals surface area contributed by atoms with E-state index in [-0.39, 0.29) is 0 Å². The number of hydrogen-bond donors (Lipinski definition) is 1. The Bertz CT molecular complexity index is 624. The fourth-order valence-electron chi connectivity index (χ4n) is 3.55. The molecular weight excluding hydrogens is 264 g/mol. The Morgan fingerprint density at radius 2 is 2.10 bits per heavy atom. The molecule has 21 heavy (non-hydrogen) atoms. The molecule has 2 aliphatic rings. The molecule has 0 aromatic carbocycles. The lowest BCUT2D eigenvalue weighted by molar-refractivity contribution is 0.193. The first-order valence-corrected chi connectivity index (χ1v) is 7.92. The van der Waals surface area contributed by atoms with Gasteiger partial charge in [-0.25, -0.2) is 9.97 Å². The summed E-state index contributed by atoms with van der Waals surface area (Å²) in [6.07, 6.45) is 5.40. The number of ether oxygens (including phenoxy) is 1. The average Bonchev–Trinajstić information content (AvgIpc) is 3.16. The summed E-state index contributed by atoms with van der Waals surface area (Å²) in [5.74, 6) is 2.08. The van der Waals surface area contributed by atoms with Crippen LogP contribution < -0.4 is 0 Å². The average molecular weight is 286 g/mol. The number of piperidine rings is 1. The van der Waals surface area contributed by atoms with Gasteiger partial charge in [0.05, 0.1) is 12.1 Å². The lowest BCUT2D eigenvalue weighted by Gasteiger charge is -2.29. The van der Waals surface area contributed by atoms with Crippen LogP contribution >= 0.6 is 0 Å². The lowest BCUT2D eigenvalue weighted by atomic mass is 9.89. The molecule has 0 amide bonds. The van der Waals surface area contributed by atoms with Gasteiger partial charge in [-0.05, 0) is 56.9 Å². The Morgan fingerprint density at radius 3 is 2.86 bits per heavy atom. The van der Waals surface area contributed by atoms with E-state index >= 15 is 0 Å². The molecule has 4 rings (SSSR count). The molecule has 2 aromatic heterocycles. The van der Waals surface area contributed by atoms with Gasteiger partial charge in [-0.3, -0.25) is 0 Å². The van der Waals surface area contributed by atoms with Crippen molar-refractivity contribution in [3.05, 3.63) is 23.7 Å². The van der Waals surface area contributed by atoms with Crippen LogP contribution in [-0.4, -0.2) is 53.2 Å². The van der Waals surface area contributed by atoms with E-state index in [1.807, 2.05) is 6.20 Å². The SMILES string of the molecule is CN1CCC(c2ccnc3nc(C4CCOC4)[nH]c23)CC1. The zero-order valence-corrected chi connectivity index (χ0v) is 12.5. The zero-order chi connectivity index (χ0) is 14.2. The van der Waals surface area contributed by atoms with Gasteiger partial charge in [0.15, 0.2) is 5.65 Å². The van der Waals surface area contributed by atoms with Crippen LogP contribution in [0.2, 0.25) is 0 Å². The second kappa shape index (κ2) is 5.39. The van der Waals surface area contributed by atoms with E-state index in [1.54, 1.807) is 0 Å². The third-order valence-corrected chi connectivity index (χ3v) is 4.92. The highest BCUT2D eigenvalue weighted by Gasteiger charge is 2.25. The largest absolute Gasteiger partial charge is 0.381 e. The Hall–Kier alpha value is -1.46. The number of aromatic amines is 1. The summed E-state index contributed by atoms with van der Waals surface area (Å²) in [4.78, 5) is 15.1. The highest BCUT2D eigenvalue weighted by molar-refractivity contribution is 5.75. The minimum Gasteiger partial charge on any atom is -0.381 e. The highest BCUT2D eigenvalue weighted by Crippen LogP contribution is 2.32. The van der Waals surface area contributed by atoms with Gasteiger partial charge in [-0.15, -0.1) is 0 Å². The number of pyridine rings is 1. The van der Waals surface area contributed by atoms with E-state index in [0.29, 0.717) is 11.8 Å². The maximum Gasteiger partial charge on any atom is 0.177 e. The summed E-state index contributed by atoms with van der Waals surface area (Å²) in [6.45, 7) is 3.97. The number of fused-ring (bicyclic) bond motifs is 1. The van der Waals surface area contributed by atoms with E-state index in [2.05, 4.69) is 28.0 Å². The highest BCUT2D eigenvalue weighted by atomic mass is 16.5. The standard InChI is InChI=1S/C16H22N4O/c1-20-7-3-11(4-8-20)13-2-6-17-16-14(13)18-15(19-16)12-5-9-21-10-12/h2,6,11-12H,3-5,7-10H2,1H3,(H,17,18,19). The van der Waals surface area contributed by atoms with E-state index in [4.69, 9.17) is 9.72 Å². The summed E-state index contributed by atoms with van der Waals surface area (Å²) >= 11 is 0. The van der Waals surface area contributed by atoms with E-state index in [9.17, 15) is 0 Å². The Labute approximate surface area is 124 Å². The summed E-state index contributed by atoms with van der Waals surface area (Å²) in [5.41, 5.74) is 3.41. The van der Waals surface area contributed by atoms with Gasteiger partial charge in [-0.1, -0.05) is 0 Å². The van der Waals surface area contributed by atoms with Crippen LogP contribution in [0.15, 0.2) is 12.3 Å². The molecule has 0 aliphatic carbocycles. The van der Waals surface area contributed by atoms with Gasteiger partial charge < -0.3 is 14.6 Å². The number of nitrogens with zero attached hydrogens (tertiary/aromatic N) is 3. The smallest absolute Gasteiger partial charge is 0.177 e. The normalized spacial score (nSPS) is 24.9. The molecule has 2 aromatic rings. The molecule has 1 N–H and O–H groups in total. The molecule has 0 radical (unpaired) electrons. The molecule has 0 spiro atoms. The number of imidazole rings is 1. The molecule has 0 saturated carbocycles. The fourth-order valence-corrected chi connectivity index (χ4v) is 3.55. The van der Waals surface area contributed by atoms with Gasteiger partial charge >= 0.3 is 0 Å². The molecule has 2 fully saturated rings. The van der Waals surface area contributed by atoms with Crippen molar-refractivity contribution in [2.24, 2.45) is 0 Å². The number of nitrogens with one attached hydrogen (secondary N) is 1. The zero-order valence-electron chi connectivity index (χ0n) is 12.5. The molecule has 2 aliphatic heterocycles. The third kappa shape index (κ3) is 2.45. The minimum absolute atomic E-state index is 0.407. The third-order valence-electron chi connectivity index (χ3n) is 4.92. The molecule has 0 bridgehead atoms. The molecule has 112 valence electrons. The van der Waals surface area contributed by atoms with Gasteiger partial charge in [0.2, 0.25) is 0 Å². The van der Waals surface area contributed by atoms with E-state index < -0.39 is 0 Å². The summed E-state index contributed by atoms with van der Waals surface area (Å²) in [5, 5.41) is 0. The number of rotatable bonds is 2. The van der Waals surface area contributed by atoms with E-state index in [0.717, 1.165) is 36.6 Å². The number of H-pyrrole nitrogens is 1. The van der Waals surface area contributed by atoms with Crippen molar-refractivity contribution in [1.82, 2.24) is 19.9 Å². The molecule has 1 unspecified atom stereocenters. The maximum atomic E-state index is 5.48. The Balaban J connectivity index is 1.68. The number of likely N-dealkylation sites (tertiary alicyclic amines) is 1. The topological polar surface area (TPSA) is 54.0 Å². The maximum absolute atomic E-state index is 5.48. The van der Waals surface area contributed by atoms with Gasteiger partial charge in [0.1, 0.15) is 5.82 Å². The first-order chi connectivity index (χ1) is 10.3. The van der Waals surface area contributed by atoms with Crippen LogP contribution in [0.1, 0.15) is 42.5 Å². The van der Waals surface area contributed by atoms with Crippen LogP contribution in [-0.2, 0) is 4.74 Å². The summed E-state index contributed by atoms with van der Waals surface area (Å²) in [6, 6.07) is 2.17. The summed E-state index contributed by atoms with van der Waals surface area (Å²) in [7, 11) is 2.20. The number of hydrogen-bond acceptors (Lipinski definition) is 4. The quantitative estimate of drug-likeness (QED) is 0.920. The van der Waals surface area contributed by atoms with Crippen molar-refractivity contribution in [3.8, 4) is 0 Å². The molecule has 2 saturated heterocycles. The van der Waals surface area contributed by atoms with Crippen LogP contribution in [0.3, 0.4) is 0 Å². The van der Waals surface area contributed by atoms with Crippen molar-refractivity contribution in [3.63, 3.8) is 0 Å². The van der Waals surface area contributed by atoms with Crippen molar-refractivity contribution < 1.29 is 4.74 Å². The van der Waals surface area contributed by atoms with Crippen LogP contribution in [0, 0.1) is 0 Å². The van der Waals surface area contributed by atoms with Crippen LogP contribution in [0.4, 0.5) is 0 Å². The van der Waals surface area contributed by atoms with Gasteiger partial charge in [0, 0.05) is 18.7 Å². The Morgan fingerprint density at radius 1 is 1.24 bits per heavy atom. The van der Waals surface area contributed by atoms with Gasteiger partial charge in [0.25, 0.3) is 0 Å². The molecular formula is C16H22N4O. The predicted molar refractivity (Wildman–Crippen MR) is 81.5 cm³/mol. The number of aromatic nitrogens is 3. The van der Waals surface area contributed by atoms with Crippen molar-refractivity contribution in [2.45, 2.75) is 31.1 Å². The summed E-state index contributed by atoms with van der Waals surface area (Å²) < 4.78 is 5.48. The molecule has 5 heteroatoms. The van der Waals surface area contributed by atoms with Crippen molar-refractivity contribution in [2.75, 3.05) is 33.4 Å². The molecule has 5 nitrogen and oxygen atoms in total. The monoisotopic (exact) mass is 286 g/mol. The predicted octanol–water partition coefficient (Wildman–Crippen LogP) is 2.27. The second-order valence-electron chi connectivity index (χ2n) is 6.36. The molecule has 1 atom stereocenters. The van der Waals surface area contributed by atoms with Crippen molar-refractivity contribution >= 4 is 11.2 Å². The molecule has 4 heterocycles. The first kappa shape index (κ1) is 13.2. The lowest BCUT2D eigenvalue weighted by Crippen LogP contribution is -2.29. The second-order valence-corrected chi connectivity index (χ2v) is 6.36. The van der Waals surface area contributed by atoms with E-state index in [1.165, 1.54) is 31.5 Å². The van der Waals surface area contributed by atoms with Crippen molar-refractivity contribution in [1.29, 1.82) is 0 Å².